The zero-order chi connectivity index (χ0) is 21.6. The topological polar surface area (TPSA) is 76.1 Å². The summed E-state index contributed by atoms with van der Waals surface area (Å²) in [7, 11) is 0. The maximum atomic E-state index is 15.3. The number of hydrogen-bond acceptors (Lipinski definition) is 5. The largest absolute Gasteiger partial charge is 0.462 e. The molecule has 0 spiro atoms. The normalized spacial score (nSPS) is 17.3. The highest BCUT2D eigenvalue weighted by molar-refractivity contribution is 6.00. The summed E-state index contributed by atoms with van der Waals surface area (Å²) < 4.78 is 25.7. The maximum absolute atomic E-state index is 15.3. The van der Waals surface area contributed by atoms with Crippen molar-refractivity contribution in [1.29, 1.82) is 0 Å². The monoisotopic (exact) mass is 407 g/mol. The van der Waals surface area contributed by atoms with Crippen molar-refractivity contribution < 1.29 is 28.6 Å². The summed E-state index contributed by atoms with van der Waals surface area (Å²) in [6.07, 6.45) is -1.04. The average Bonchev–Trinajstić information content (AvgIpc) is 2.65. The van der Waals surface area contributed by atoms with E-state index in [1.165, 1.54) is 0 Å². The van der Waals surface area contributed by atoms with E-state index in [-0.39, 0.29) is 25.3 Å². The Morgan fingerprint density at radius 3 is 2.45 bits per heavy atom. The second-order valence-corrected chi connectivity index (χ2v) is 7.90. The van der Waals surface area contributed by atoms with Gasteiger partial charge < -0.3 is 14.6 Å². The molecule has 29 heavy (non-hydrogen) atoms. The van der Waals surface area contributed by atoms with Crippen LogP contribution in [0.25, 0.3) is 5.57 Å². The molecule has 6 nitrogen and oxygen atoms in total. The third-order valence-electron chi connectivity index (χ3n) is 4.49. The minimum Gasteiger partial charge on any atom is -0.462 e. The first-order valence-electron chi connectivity index (χ1n) is 9.92. The zero-order valence-corrected chi connectivity index (χ0v) is 17.5. The summed E-state index contributed by atoms with van der Waals surface area (Å²) in [6.45, 7) is 7.07. The number of esters is 1. The van der Waals surface area contributed by atoms with Crippen molar-refractivity contribution in [2.45, 2.75) is 58.9 Å². The molecular weight excluding hydrogens is 377 g/mol. The van der Waals surface area contributed by atoms with Gasteiger partial charge in [-0.3, -0.25) is 4.90 Å². The number of carbonyl (C=O) groups excluding carboxylic acids is 2. The van der Waals surface area contributed by atoms with Crippen LogP contribution < -0.4 is 0 Å². The van der Waals surface area contributed by atoms with Crippen molar-refractivity contribution in [3.05, 3.63) is 41.0 Å². The van der Waals surface area contributed by atoms with Crippen molar-refractivity contribution in [1.82, 2.24) is 4.90 Å². The Morgan fingerprint density at radius 2 is 1.90 bits per heavy atom. The van der Waals surface area contributed by atoms with Crippen LogP contribution in [-0.2, 0) is 20.7 Å². The Bertz CT molecular complexity index is 751. The van der Waals surface area contributed by atoms with Gasteiger partial charge in [-0.15, -0.1) is 0 Å². The first-order chi connectivity index (χ1) is 13.7. The number of nitrogens with zero attached hydrogens (tertiary/aromatic N) is 1. The van der Waals surface area contributed by atoms with Gasteiger partial charge in [0.2, 0.25) is 6.30 Å². The van der Waals surface area contributed by atoms with Crippen LogP contribution >= 0.6 is 0 Å². The summed E-state index contributed by atoms with van der Waals surface area (Å²) in [5.41, 5.74) is 1.36. The molecule has 0 fully saturated rings. The zero-order valence-electron chi connectivity index (χ0n) is 17.5. The van der Waals surface area contributed by atoms with Crippen LogP contribution in [0, 0.1) is 0 Å². The van der Waals surface area contributed by atoms with Gasteiger partial charge in [-0.25, -0.2) is 14.0 Å². The lowest BCUT2D eigenvalue weighted by molar-refractivity contribution is -0.140. The summed E-state index contributed by atoms with van der Waals surface area (Å²) in [4.78, 5) is 25.9. The smallest absolute Gasteiger partial charge is 0.412 e. The van der Waals surface area contributed by atoms with E-state index in [4.69, 9.17) is 14.6 Å². The highest BCUT2D eigenvalue weighted by Crippen LogP contribution is 2.34. The fourth-order valence-electron chi connectivity index (χ4n) is 3.17. The molecule has 2 rings (SSSR count). The highest BCUT2D eigenvalue weighted by Gasteiger charge is 2.39. The number of halogens is 1. The molecule has 7 heteroatoms. The Balaban J connectivity index is 2.36. The third kappa shape index (κ3) is 6.03. The van der Waals surface area contributed by atoms with Gasteiger partial charge in [0, 0.05) is 13.2 Å². The Labute approximate surface area is 171 Å². The van der Waals surface area contributed by atoms with Crippen LogP contribution in [0.2, 0.25) is 0 Å². The lowest BCUT2D eigenvalue weighted by atomic mass is 9.91. The van der Waals surface area contributed by atoms with E-state index < -0.39 is 24.0 Å². The maximum Gasteiger partial charge on any atom is 0.412 e. The van der Waals surface area contributed by atoms with E-state index in [1.54, 1.807) is 27.7 Å². The molecule has 0 aliphatic carbocycles. The summed E-state index contributed by atoms with van der Waals surface area (Å²) in [5.74, 6) is -0.771. The highest BCUT2D eigenvalue weighted by atomic mass is 19.1. The number of benzene rings is 1. The van der Waals surface area contributed by atoms with E-state index in [9.17, 15) is 9.59 Å². The molecule has 0 radical (unpaired) electrons. The van der Waals surface area contributed by atoms with Gasteiger partial charge in [-0.2, -0.15) is 0 Å². The molecule has 1 aliphatic heterocycles. The van der Waals surface area contributed by atoms with Gasteiger partial charge in [0.05, 0.1) is 12.2 Å². The fourth-order valence-corrected chi connectivity index (χ4v) is 3.17. The van der Waals surface area contributed by atoms with Gasteiger partial charge in [0.1, 0.15) is 5.60 Å². The second kappa shape index (κ2) is 9.87. The van der Waals surface area contributed by atoms with Gasteiger partial charge in [0.25, 0.3) is 0 Å². The number of aliphatic hydroxyl groups excluding tert-OH is 1. The number of hydrogen-bond donors (Lipinski definition) is 1. The molecule has 1 amide bonds. The summed E-state index contributed by atoms with van der Waals surface area (Å²) in [6, 6.07) is 7.46. The molecule has 1 unspecified atom stereocenters. The molecule has 160 valence electrons. The fraction of sp³-hybridized carbons (Fsp3) is 0.545. The van der Waals surface area contributed by atoms with Gasteiger partial charge >= 0.3 is 12.1 Å². The lowest BCUT2D eigenvalue weighted by Gasteiger charge is -2.34. The molecule has 1 heterocycles. The quantitative estimate of drug-likeness (QED) is 0.572. The average molecular weight is 407 g/mol. The van der Waals surface area contributed by atoms with Gasteiger partial charge in [0.15, 0.2) is 0 Å². The third-order valence-corrected chi connectivity index (χ3v) is 4.49. The molecule has 1 aliphatic rings. The summed E-state index contributed by atoms with van der Waals surface area (Å²) in [5, 5.41) is 8.96. The van der Waals surface area contributed by atoms with Gasteiger partial charge in [-0.05, 0) is 63.7 Å². The lowest BCUT2D eigenvalue weighted by Crippen LogP contribution is -2.46. The Morgan fingerprint density at radius 1 is 1.24 bits per heavy atom. The van der Waals surface area contributed by atoms with E-state index in [1.807, 2.05) is 24.3 Å². The van der Waals surface area contributed by atoms with Crippen molar-refractivity contribution in [2.24, 2.45) is 0 Å². The van der Waals surface area contributed by atoms with Crippen LogP contribution in [0.3, 0.4) is 0 Å². The number of rotatable bonds is 6. The van der Waals surface area contributed by atoms with E-state index in [0.717, 1.165) is 16.9 Å². The number of carbonyl (C=O) groups is 2. The van der Waals surface area contributed by atoms with E-state index in [0.29, 0.717) is 24.0 Å². The van der Waals surface area contributed by atoms with Crippen molar-refractivity contribution >= 4 is 17.6 Å². The minimum absolute atomic E-state index is 0.0978. The number of ether oxygens (including phenoxy) is 2. The van der Waals surface area contributed by atoms with Gasteiger partial charge in [-0.1, -0.05) is 24.3 Å². The minimum atomic E-state index is -1.94. The number of aliphatic hydroxyl groups is 1. The molecule has 0 bridgehead atoms. The molecule has 0 saturated carbocycles. The molecule has 0 aromatic heterocycles. The SMILES string of the molecule is CCOC(=O)C1=C(c2ccc(CCCO)cc2)CCN(C(=O)OC(C)(C)C)C1F. The van der Waals surface area contributed by atoms with E-state index in [2.05, 4.69) is 0 Å². The predicted octanol–water partition coefficient (Wildman–Crippen LogP) is 3.86. The van der Waals surface area contributed by atoms with Crippen LogP contribution in [0.4, 0.5) is 9.18 Å². The van der Waals surface area contributed by atoms with Crippen molar-refractivity contribution in [3.8, 4) is 0 Å². The molecule has 1 N–H and O–H groups in total. The van der Waals surface area contributed by atoms with Crippen LogP contribution in [0.1, 0.15) is 51.7 Å². The first kappa shape index (κ1) is 22.9. The van der Waals surface area contributed by atoms with Crippen LogP contribution in [0.5, 0.6) is 0 Å². The molecule has 0 saturated heterocycles. The van der Waals surface area contributed by atoms with E-state index >= 15 is 4.39 Å². The van der Waals surface area contributed by atoms with Crippen LogP contribution in [-0.4, -0.2) is 53.7 Å². The molecule has 1 aromatic carbocycles. The molecule has 1 atom stereocenters. The first-order valence-corrected chi connectivity index (χ1v) is 9.92. The van der Waals surface area contributed by atoms with Crippen molar-refractivity contribution in [2.75, 3.05) is 19.8 Å². The predicted molar refractivity (Wildman–Crippen MR) is 108 cm³/mol. The Hall–Kier alpha value is -2.41. The second-order valence-electron chi connectivity index (χ2n) is 7.90. The molecule has 1 aromatic rings. The van der Waals surface area contributed by atoms with Crippen molar-refractivity contribution in [3.63, 3.8) is 0 Å². The number of aryl methyl sites for hydroxylation is 1. The Kier molecular flexibility index (Phi) is 7.79. The van der Waals surface area contributed by atoms with Crippen LogP contribution in [0.15, 0.2) is 29.8 Å². The standard InChI is InChI=1S/C22H30FNO5/c1-5-28-20(26)18-17(16-10-8-15(9-11-16)7-6-14-25)12-13-24(19(18)23)21(27)29-22(2,3)4/h8-11,19,25H,5-7,12-14H2,1-4H3. The number of alkyl halides is 1. The molecular formula is C22H30FNO5. The number of amides is 1. The summed E-state index contributed by atoms with van der Waals surface area (Å²) >= 11 is 0.